The largest absolute Gasteiger partial charge is 0.463 e. The number of furan rings is 1. The molecule has 0 unspecified atom stereocenters. The Kier molecular flexibility index (Phi) is 1.01. The third-order valence-electron chi connectivity index (χ3n) is 2.17. The Labute approximate surface area is 69.3 Å². The van der Waals surface area contributed by atoms with E-state index in [0.717, 1.165) is 30.1 Å². The predicted octanol–water partition coefficient (Wildman–Crippen LogP) is 1.84. The number of allylic oxidation sites excluding steroid dienone is 2. The van der Waals surface area contributed by atoms with E-state index in [0.29, 0.717) is 0 Å². The lowest BCUT2D eigenvalue weighted by Crippen LogP contribution is -1.95. The van der Waals surface area contributed by atoms with Crippen molar-refractivity contribution in [1.29, 1.82) is 0 Å². The molecule has 0 amide bonds. The molecule has 60 valence electrons. The third-order valence-corrected chi connectivity index (χ3v) is 2.17. The van der Waals surface area contributed by atoms with Gasteiger partial charge in [0.15, 0.2) is 5.76 Å². The van der Waals surface area contributed by atoms with Gasteiger partial charge in [-0.3, -0.25) is 0 Å². The summed E-state index contributed by atoms with van der Waals surface area (Å²) in [6.07, 6.45) is 5.42. The number of hydrogen-bond acceptors (Lipinski definition) is 3. The molecule has 3 rings (SSSR count). The minimum absolute atomic E-state index is 0.778. The van der Waals surface area contributed by atoms with Crippen LogP contribution in [0.5, 0.6) is 0 Å². The van der Waals surface area contributed by atoms with Crippen molar-refractivity contribution in [3.63, 3.8) is 0 Å². The van der Waals surface area contributed by atoms with Gasteiger partial charge in [-0.05, 0) is 18.6 Å². The van der Waals surface area contributed by atoms with Crippen molar-refractivity contribution in [3.8, 4) is 0 Å². The van der Waals surface area contributed by atoms with Crippen LogP contribution in [0, 0.1) is 0 Å². The van der Waals surface area contributed by atoms with Gasteiger partial charge in [0.25, 0.3) is 0 Å². The van der Waals surface area contributed by atoms with Gasteiger partial charge in [-0.15, -0.1) is 0 Å². The third kappa shape index (κ3) is 0.679. The van der Waals surface area contributed by atoms with Crippen LogP contribution < -0.4 is 0 Å². The van der Waals surface area contributed by atoms with Gasteiger partial charge >= 0.3 is 0 Å². The second kappa shape index (κ2) is 2.00. The molecule has 2 aliphatic rings. The second-order valence-electron chi connectivity index (χ2n) is 2.96. The summed E-state index contributed by atoms with van der Waals surface area (Å²) < 4.78 is 5.32. The van der Waals surface area contributed by atoms with E-state index in [1.54, 1.807) is 6.26 Å². The van der Waals surface area contributed by atoms with Crippen molar-refractivity contribution in [2.75, 3.05) is 0 Å². The first-order valence-corrected chi connectivity index (χ1v) is 3.93. The summed E-state index contributed by atoms with van der Waals surface area (Å²) >= 11 is 0. The molecule has 3 heteroatoms. The molecule has 0 saturated heterocycles. The second-order valence-corrected chi connectivity index (χ2v) is 2.96. The molecule has 1 aliphatic heterocycles. The van der Waals surface area contributed by atoms with Crippen molar-refractivity contribution >= 4 is 5.71 Å². The highest BCUT2D eigenvalue weighted by Gasteiger charge is 2.24. The van der Waals surface area contributed by atoms with Crippen LogP contribution in [-0.4, -0.2) is 5.71 Å². The molecule has 0 aromatic carbocycles. The summed E-state index contributed by atoms with van der Waals surface area (Å²) in [5.74, 6) is 1.83. The van der Waals surface area contributed by atoms with Crippen molar-refractivity contribution < 1.29 is 9.25 Å². The SMILES string of the molecule is C1=C2CC(=NO2)c2occc2C1. The Morgan fingerprint density at radius 2 is 2.42 bits per heavy atom. The summed E-state index contributed by atoms with van der Waals surface area (Å²) in [5.41, 5.74) is 2.12. The van der Waals surface area contributed by atoms with E-state index in [9.17, 15) is 0 Å². The van der Waals surface area contributed by atoms with Crippen LogP contribution in [0.4, 0.5) is 0 Å². The fraction of sp³-hybridized carbons (Fsp3) is 0.222. The lowest BCUT2D eigenvalue weighted by atomic mass is 10.1. The van der Waals surface area contributed by atoms with Gasteiger partial charge in [0, 0.05) is 5.56 Å². The maximum Gasteiger partial charge on any atom is 0.155 e. The zero-order valence-corrected chi connectivity index (χ0v) is 6.41. The number of hydrogen-bond donors (Lipinski definition) is 0. The molecule has 12 heavy (non-hydrogen) atoms. The molecule has 1 aromatic heterocycles. The molecular formula is C9H7NO2. The van der Waals surface area contributed by atoms with Gasteiger partial charge in [0.1, 0.15) is 11.5 Å². The Hall–Kier alpha value is -1.51. The topological polar surface area (TPSA) is 34.7 Å². The first-order valence-electron chi connectivity index (χ1n) is 3.93. The highest BCUT2D eigenvalue weighted by molar-refractivity contribution is 6.01. The van der Waals surface area contributed by atoms with Gasteiger partial charge in [0.2, 0.25) is 0 Å². The molecule has 3 nitrogen and oxygen atoms in total. The van der Waals surface area contributed by atoms with E-state index in [1.165, 1.54) is 5.56 Å². The average Bonchev–Trinajstić information content (AvgIpc) is 2.61. The van der Waals surface area contributed by atoms with Crippen molar-refractivity contribution in [3.05, 3.63) is 35.5 Å². The summed E-state index contributed by atoms with van der Waals surface area (Å²) in [6.45, 7) is 0. The minimum atomic E-state index is 0.778. The van der Waals surface area contributed by atoms with Gasteiger partial charge in [-0.1, -0.05) is 5.16 Å². The van der Waals surface area contributed by atoms with Crippen LogP contribution in [0.3, 0.4) is 0 Å². The maximum absolute atomic E-state index is 5.32. The van der Waals surface area contributed by atoms with Crippen LogP contribution in [0.25, 0.3) is 0 Å². The molecule has 0 radical (unpaired) electrons. The van der Waals surface area contributed by atoms with E-state index in [-0.39, 0.29) is 0 Å². The standard InChI is InChI=1S/C9H7NO2/c1-2-7-5-8(10-12-7)9-6(1)3-4-11-9/h2-4H,1,5H2. The monoisotopic (exact) mass is 161 g/mol. The van der Waals surface area contributed by atoms with E-state index in [2.05, 4.69) is 11.2 Å². The fourth-order valence-corrected chi connectivity index (χ4v) is 1.55. The zero-order valence-electron chi connectivity index (χ0n) is 6.41. The van der Waals surface area contributed by atoms with Crippen molar-refractivity contribution in [2.24, 2.45) is 5.16 Å². The molecule has 0 saturated carbocycles. The van der Waals surface area contributed by atoms with E-state index in [4.69, 9.17) is 9.25 Å². The first kappa shape index (κ1) is 6.06. The summed E-state index contributed by atoms with van der Waals surface area (Å²) in [7, 11) is 0. The smallest absolute Gasteiger partial charge is 0.155 e. The van der Waals surface area contributed by atoms with E-state index >= 15 is 0 Å². The van der Waals surface area contributed by atoms with Crippen LogP contribution in [-0.2, 0) is 11.3 Å². The van der Waals surface area contributed by atoms with Gasteiger partial charge < -0.3 is 9.25 Å². The van der Waals surface area contributed by atoms with Gasteiger partial charge in [-0.25, -0.2) is 0 Å². The molecule has 0 atom stereocenters. The summed E-state index contributed by atoms with van der Waals surface area (Å²) in [4.78, 5) is 5.07. The average molecular weight is 161 g/mol. The maximum atomic E-state index is 5.32. The molecule has 2 heterocycles. The summed E-state index contributed by atoms with van der Waals surface area (Å²) in [6, 6.07) is 1.98. The van der Waals surface area contributed by atoms with E-state index in [1.807, 2.05) is 6.07 Å². The molecule has 0 fully saturated rings. The molecule has 2 bridgehead atoms. The lowest BCUT2D eigenvalue weighted by molar-refractivity contribution is 0.243. The molecule has 0 N–H and O–H groups in total. The molecule has 0 spiro atoms. The van der Waals surface area contributed by atoms with Crippen LogP contribution in [0.15, 0.2) is 33.7 Å². The fourth-order valence-electron chi connectivity index (χ4n) is 1.55. The Balaban J connectivity index is 2.23. The Morgan fingerprint density at radius 1 is 1.42 bits per heavy atom. The van der Waals surface area contributed by atoms with Crippen LogP contribution in [0.1, 0.15) is 17.7 Å². The van der Waals surface area contributed by atoms with Crippen LogP contribution in [0.2, 0.25) is 0 Å². The summed E-state index contributed by atoms with van der Waals surface area (Å²) in [5, 5.41) is 3.93. The Bertz CT molecular complexity index is 387. The molecular weight excluding hydrogens is 154 g/mol. The number of rotatable bonds is 0. The number of fused-ring (bicyclic) bond motifs is 4. The highest BCUT2D eigenvalue weighted by atomic mass is 16.6. The van der Waals surface area contributed by atoms with Crippen molar-refractivity contribution in [2.45, 2.75) is 12.8 Å². The number of nitrogens with zero attached hydrogens (tertiary/aromatic N) is 1. The van der Waals surface area contributed by atoms with Gasteiger partial charge in [-0.2, -0.15) is 0 Å². The Morgan fingerprint density at radius 3 is 3.42 bits per heavy atom. The van der Waals surface area contributed by atoms with Gasteiger partial charge in [0.05, 0.1) is 12.7 Å². The normalized spacial score (nSPS) is 19.0. The van der Waals surface area contributed by atoms with Crippen molar-refractivity contribution in [1.82, 2.24) is 0 Å². The first-order chi connectivity index (χ1) is 5.93. The number of oxime groups is 1. The zero-order chi connectivity index (χ0) is 7.97. The molecule has 1 aliphatic carbocycles. The minimum Gasteiger partial charge on any atom is -0.463 e. The highest BCUT2D eigenvalue weighted by Crippen LogP contribution is 2.27. The predicted molar refractivity (Wildman–Crippen MR) is 42.7 cm³/mol. The quantitative estimate of drug-likeness (QED) is 0.582. The van der Waals surface area contributed by atoms with Crippen LogP contribution >= 0.6 is 0 Å². The molecule has 1 aromatic rings. The van der Waals surface area contributed by atoms with E-state index < -0.39 is 0 Å². The lowest BCUT2D eigenvalue weighted by Gasteiger charge is -1.95.